The number of aromatic nitrogens is 2. The molecule has 2 aromatic rings. The molecule has 2 amide bonds. The fraction of sp³-hybridized carbons (Fsp3) is 0.450. The number of hydrogen-bond donors (Lipinski definition) is 1. The zero-order valence-electron chi connectivity index (χ0n) is 15.7. The summed E-state index contributed by atoms with van der Waals surface area (Å²) in [5.74, 6) is 1.46. The van der Waals surface area contributed by atoms with Gasteiger partial charge in [0.2, 0.25) is 5.91 Å². The van der Waals surface area contributed by atoms with E-state index in [9.17, 15) is 9.59 Å². The van der Waals surface area contributed by atoms with Crippen LogP contribution in [0.1, 0.15) is 48.3 Å². The molecule has 0 unspecified atom stereocenters. The molecule has 6 heteroatoms. The number of anilines is 1. The number of benzene rings is 1. The Balaban J connectivity index is 1.66. The maximum Gasteiger partial charge on any atom is 0.251 e. The molecule has 26 heavy (non-hydrogen) atoms. The van der Waals surface area contributed by atoms with Crippen LogP contribution in [0.5, 0.6) is 0 Å². The van der Waals surface area contributed by atoms with Gasteiger partial charge in [0.15, 0.2) is 0 Å². The summed E-state index contributed by atoms with van der Waals surface area (Å²) in [6.07, 6.45) is 1.43. The average molecular weight is 354 g/mol. The summed E-state index contributed by atoms with van der Waals surface area (Å²) < 4.78 is 1.88. The second-order valence-electron chi connectivity index (χ2n) is 7.23. The van der Waals surface area contributed by atoms with Crippen LogP contribution in [0, 0.1) is 12.8 Å². The van der Waals surface area contributed by atoms with Gasteiger partial charge in [-0.05, 0) is 37.0 Å². The van der Waals surface area contributed by atoms with E-state index in [4.69, 9.17) is 0 Å². The van der Waals surface area contributed by atoms with Crippen molar-refractivity contribution in [2.75, 3.05) is 11.4 Å². The zero-order valence-corrected chi connectivity index (χ0v) is 15.7. The van der Waals surface area contributed by atoms with Crippen LogP contribution in [0.3, 0.4) is 0 Å². The van der Waals surface area contributed by atoms with Crippen LogP contribution in [0.25, 0.3) is 0 Å². The summed E-state index contributed by atoms with van der Waals surface area (Å²) in [7, 11) is 0. The molecule has 0 bridgehead atoms. The van der Waals surface area contributed by atoms with Crippen molar-refractivity contribution in [3.63, 3.8) is 0 Å². The van der Waals surface area contributed by atoms with Gasteiger partial charge in [0.25, 0.3) is 5.91 Å². The van der Waals surface area contributed by atoms with Crippen molar-refractivity contribution in [2.24, 2.45) is 5.92 Å². The second-order valence-corrected chi connectivity index (χ2v) is 7.23. The highest BCUT2D eigenvalue weighted by Gasteiger charge is 2.25. The first-order valence-electron chi connectivity index (χ1n) is 9.16. The summed E-state index contributed by atoms with van der Waals surface area (Å²) in [6.45, 7) is 8.00. The van der Waals surface area contributed by atoms with Crippen LogP contribution in [0.4, 0.5) is 5.82 Å². The van der Waals surface area contributed by atoms with Gasteiger partial charge < -0.3 is 5.32 Å². The van der Waals surface area contributed by atoms with E-state index in [1.807, 2.05) is 41.9 Å². The number of rotatable bonds is 6. The van der Waals surface area contributed by atoms with E-state index < -0.39 is 0 Å². The molecule has 0 fully saturated rings. The number of carbonyl (C=O) groups excluding carboxylic acids is 2. The second kappa shape index (κ2) is 7.72. The number of aryl methyl sites for hydroxylation is 2. The predicted molar refractivity (Wildman–Crippen MR) is 101 cm³/mol. The van der Waals surface area contributed by atoms with Crippen LogP contribution in [-0.4, -0.2) is 28.1 Å². The molecule has 1 aromatic carbocycles. The number of nitrogens with one attached hydrogen (secondary N) is 1. The van der Waals surface area contributed by atoms with Gasteiger partial charge >= 0.3 is 0 Å². The lowest BCUT2D eigenvalue weighted by atomic mass is 10.1. The summed E-state index contributed by atoms with van der Waals surface area (Å²) in [6, 6.07) is 9.39. The van der Waals surface area contributed by atoms with Crippen molar-refractivity contribution < 1.29 is 9.59 Å². The first kappa shape index (κ1) is 18.2. The monoisotopic (exact) mass is 354 g/mol. The molecule has 0 radical (unpaired) electrons. The third kappa shape index (κ3) is 4.12. The quantitative estimate of drug-likeness (QED) is 0.867. The van der Waals surface area contributed by atoms with Gasteiger partial charge in [0, 0.05) is 24.6 Å². The van der Waals surface area contributed by atoms with Crippen molar-refractivity contribution in [2.45, 2.75) is 46.7 Å². The maximum atomic E-state index is 12.3. The largest absolute Gasteiger partial charge is 0.352 e. The Morgan fingerprint density at radius 1 is 1.27 bits per heavy atom. The first-order chi connectivity index (χ1) is 12.4. The Kier molecular flexibility index (Phi) is 5.40. The molecule has 0 saturated heterocycles. The summed E-state index contributed by atoms with van der Waals surface area (Å²) >= 11 is 0. The first-order valence-corrected chi connectivity index (χ1v) is 9.16. The van der Waals surface area contributed by atoms with E-state index in [-0.39, 0.29) is 11.8 Å². The lowest BCUT2D eigenvalue weighted by Gasteiger charge is -2.27. The van der Waals surface area contributed by atoms with Crippen molar-refractivity contribution in [3.8, 4) is 0 Å². The fourth-order valence-corrected chi connectivity index (χ4v) is 3.07. The van der Waals surface area contributed by atoms with Gasteiger partial charge in [-0.1, -0.05) is 26.0 Å². The molecular weight excluding hydrogens is 328 g/mol. The Morgan fingerprint density at radius 3 is 2.69 bits per heavy atom. The Bertz CT molecular complexity index is 793. The normalized spacial score (nSPS) is 13.8. The third-order valence-corrected chi connectivity index (χ3v) is 4.56. The number of nitrogens with zero attached hydrogens (tertiary/aromatic N) is 3. The van der Waals surface area contributed by atoms with Crippen molar-refractivity contribution >= 4 is 17.6 Å². The lowest BCUT2D eigenvalue weighted by molar-refractivity contribution is -0.119. The van der Waals surface area contributed by atoms with Crippen molar-refractivity contribution in [3.05, 3.63) is 47.2 Å². The molecule has 0 aliphatic carbocycles. The summed E-state index contributed by atoms with van der Waals surface area (Å²) in [5.41, 5.74) is 2.54. The van der Waals surface area contributed by atoms with Crippen LogP contribution in [0.15, 0.2) is 30.3 Å². The third-order valence-electron chi connectivity index (χ3n) is 4.56. The zero-order chi connectivity index (χ0) is 18.7. The van der Waals surface area contributed by atoms with Gasteiger partial charge in [-0.2, -0.15) is 5.10 Å². The predicted octanol–water partition coefficient (Wildman–Crippen LogP) is 2.90. The summed E-state index contributed by atoms with van der Waals surface area (Å²) in [4.78, 5) is 26.3. The van der Waals surface area contributed by atoms with E-state index in [0.29, 0.717) is 37.5 Å². The molecule has 1 aromatic heterocycles. The fourth-order valence-electron chi connectivity index (χ4n) is 3.07. The van der Waals surface area contributed by atoms with Crippen molar-refractivity contribution in [1.82, 2.24) is 15.1 Å². The minimum Gasteiger partial charge on any atom is -0.352 e. The molecule has 0 spiro atoms. The van der Waals surface area contributed by atoms with E-state index in [0.717, 1.165) is 23.5 Å². The average Bonchev–Trinajstić information content (AvgIpc) is 2.98. The van der Waals surface area contributed by atoms with Crippen LogP contribution < -0.4 is 10.2 Å². The maximum absolute atomic E-state index is 12.3. The number of hydrogen-bond acceptors (Lipinski definition) is 3. The van der Waals surface area contributed by atoms with Crippen molar-refractivity contribution in [1.29, 1.82) is 0 Å². The highest BCUT2D eigenvalue weighted by atomic mass is 16.2. The number of fused-ring (bicyclic) bond motifs is 1. The number of carbonyl (C=O) groups is 2. The van der Waals surface area contributed by atoms with Gasteiger partial charge in [-0.25, -0.2) is 4.68 Å². The minimum absolute atomic E-state index is 0.0556. The molecule has 0 saturated carbocycles. The molecule has 0 atom stereocenters. The molecule has 1 aliphatic heterocycles. The molecule has 138 valence electrons. The van der Waals surface area contributed by atoms with E-state index >= 15 is 0 Å². The van der Waals surface area contributed by atoms with E-state index in [2.05, 4.69) is 24.3 Å². The number of amides is 2. The molecule has 3 rings (SSSR count). The van der Waals surface area contributed by atoms with E-state index in [1.54, 1.807) is 4.90 Å². The minimum atomic E-state index is -0.0556. The highest BCUT2D eigenvalue weighted by molar-refractivity contribution is 5.95. The van der Waals surface area contributed by atoms with Crippen LogP contribution >= 0.6 is 0 Å². The lowest BCUT2D eigenvalue weighted by Crippen LogP contribution is -2.36. The van der Waals surface area contributed by atoms with Gasteiger partial charge in [-0.15, -0.1) is 0 Å². The Hall–Kier alpha value is -2.63. The molecule has 1 aliphatic rings. The molecular formula is C20H26N4O2. The highest BCUT2D eigenvalue weighted by Crippen LogP contribution is 2.24. The van der Waals surface area contributed by atoms with Crippen LogP contribution in [0.2, 0.25) is 0 Å². The van der Waals surface area contributed by atoms with Crippen LogP contribution in [-0.2, 0) is 17.9 Å². The topological polar surface area (TPSA) is 67.2 Å². The Labute approximate surface area is 154 Å². The van der Waals surface area contributed by atoms with Gasteiger partial charge in [-0.3, -0.25) is 14.5 Å². The summed E-state index contributed by atoms with van der Waals surface area (Å²) in [5, 5.41) is 7.36. The standard InChI is InChI=1S/C20H26N4O2/c1-14(2)8-10-21-20(26)17-6-4-16(5-7-17)13-23-18-12-15(3)22-24(18)11-9-19(23)25/h4-7,12,14H,8-11,13H2,1-3H3,(H,21,26). The van der Waals surface area contributed by atoms with Gasteiger partial charge in [0.05, 0.1) is 18.8 Å². The van der Waals surface area contributed by atoms with Gasteiger partial charge in [0.1, 0.15) is 5.82 Å². The smallest absolute Gasteiger partial charge is 0.251 e. The molecule has 2 heterocycles. The Morgan fingerprint density at radius 2 is 2.00 bits per heavy atom. The molecule has 1 N–H and O–H groups in total. The SMILES string of the molecule is Cc1cc2n(n1)CCC(=O)N2Cc1ccc(C(=O)NCCC(C)C)cc1. The van der Waals surface area contributed by atoms with E-state index in [1.165, 1.54) is 0 Å². The molecule has 6 nitrogen and oxygen atoms in total.